The Hall–Kier alpha value is -1.56. The van der Waals surface area contributed by atoms with Gasteiger partial charge in [-0.25, -0.2) is 4.98 Å². The lowest BCUT2D eigenvalue weighted by Crippen LogP contribution is -2.16. The summed E-state index contributed by atoms with van der Waals surface area (Å²) in [7, 11) is 1.45. The maximum Gasteiger partial charge on any atom is 0.449 e. The van der Waals surface area contributed by atoms with Crippen LogP contribution in [0.3, 0.4) is 0 Å². The molecule has 0 aliphatic heterocycles. The van der Waals surface area contributed by atoms with E-state index in [9.17, 15) is 13.2 Å². The van der Waals surface area contributed by atoms with Crippen LogP contribution < -0.4 is 0 Å². The molecule has 92 valence electrons. The third-order valence-corrected chi connectivity index (χ3v) is 2.43. The molecule has 0 aliphatic carbocycles. The van der Waals surface area contributed by atoms with Crippen molar-refractivity contribution < 1.29 is 17.9 Å². The van der Waals surface area contributed by atoms with Crippen LogP contribution in [0.25, 0.3) is 11.0 Å². The Morgan fingerprint density at radius 2 is 2.00 bits per heavy atom. The van der Waals surface area contributed by atoms with Crippen LogP contribution in [-0.2, 0) is 17.5 Å². The predicted octanol–water partition coefficient (Wildman–Crippen LogP) is 2.70. The van der Waals surface area contributed by atoms with E-state index in [1.807, 2.05) is 0 Å². The SMILES string of the molecule is COCCn1c(C(F)(F)F)nc2ccccc21. The van der Waals surface area contributed by atoms with E-state index in [0.29, 0.717) is 11.0 Å². The average molecular weight is 244 g/mol. The van der Waals surface area contributed by atoms with Crippen molar-refractivity contribution in [2.75, 3.05) is 13.7 Å². The minimum Gasteiger partial charge on any atom is -0.383 e. The highest BCUT2D eigenvalue weighted by Crippen LogP contribution is 2.31. The zero-order chi connectivity index (χ0) is 12.5. The molecule has 6 heteroatoms. The quantitative estimate of drug-likeness (QED) is 0.830. The standard InChI is InChI=1S/C11H11F3N2O/c1-17-7-6-16-9-5-3-2-4-8(9)15-10(16)11(12,13)14/h2-5H,6-7H2,1H3. The summed E-state index contributed by atoms with van der Waals surface area (Å²) in [5, 5.41) is 0. The van der Waals surface area contributed by atoms with Gasteiger partial charge in [0.2, 0.25) is 5.82 Å². The first-order valence-electron chi connectivity index (χ1n) is 5.05. The molecule has 3 nitrogen and oxygen atoms in total. The fourth-order valence-corrected chi connectivity index (χ4v) is 1.70. The molecule has 0 saturated heterocycles. The lowest BCUT2D eigenvalue weighted by atomic mass is 10.3. The van der Waals surface area contributed by atoms with Gasteiger partial charge in [0.1, 0.15) is 0 Å². The van der Waals surface area contributed by atoms with Crippen molar-refractivity contribution in [2.24, 2.45) is 0 Å². The van der Waals surface area contributed by atoms with Crippen molar-refractivity contribution in [3.8, 4) is 0 Å². The molecule has 2 aromatic rings. The van der Waals surface area contributed by atoms with E-state index >= 15 is 0 Å². The normalized spacial score (nSPS) is 12.2. The summed E-state index contributed by atoms with van der Waals surface area (Å²) < 4.78 is 44.3. The third kappa shape index (κ3) is 2.26. The van der Waals surface area contributed by atoms with Crippen LogP contribution in [-0.4, -0.2) is 23.3 Å². The minimum atomic E-state index is -4.45. The molecule has 0 atom stereocenters. The molecule has 1 aromatic carbocycles. The first kappa shape index (κ1) is 11.9. The van der Waals surface area contributed by atoms with Gasteiger partial charge in [0, 0.05) is 13.7 Å². The molecule has 0 N–H and O–H groups in total. The molecular formula is C11H11F3N2O. The number of imidazole rings is 1. The Morgan fingerprint density at radius 1 is 1.29 bits per heavy atom. The number of methoxy groups -OCH3 is 1. The summed E-state index contributed by atoms with van der Waals surface area (Å²) >= 11 is 0. The molecule has 0 spiro atoms. The van der Waals surface area contributed by atoms with E-state index < -0.39 is 12.0 Å². The highest BCUT2D eigenvalue weighted by molar-refractivity contribution is 5.76. The Bertz CT molecular complexity index is 519. The average Bonchev–Trinajstić information content (AvgIpc) is 2.65. The first-order chi connectivity index (χ1) is 8.04. The number of fused-ring (bicyclic) bond motifs is 1. The number of benzene rings is 1. The Kier molecular flexibility index (Phi) is 3.06. The second kappa shape index (κ2) is 4.37. The monoisotopic (exact) mass is 244 g/mol. The van der Waals surface area contributed by atoms with E-state index in [1.165, 1.54) is 7.11 Å². The van der Waals surface area contributed by atoms with E-state index in [0.717, 1.165) is 4.57 Å². The van der Waals surface area contributed by atoms with Crippen LogP contribution in [0.4, 0.5) is 13.2 Å². The topological polar surface area (TPSA) is 27.1 Å². The Balaban J connectivity index is 2.57. The zero-order valence-corrected chi connectivity index (χ0v) is 9.16. The van der Waals surface area contributed by atoms with Gasteiger partial charge < -0.3 is 9.30 Å². The van der Waals surface area contributed by atoms with Crippen molar-refractivity contribution in [1.29, 1.82) is 0 Å². The van der Waals surface area contributed by atoms with Gasteiger partial charge >= 0.3 is 6.18 Å². The number of hydrogen-bond acceptors (Lipinski definition) is 2. The second-order valence-corrected chi connectivity index (χ2v) is 3.57. The third-order valence-electron chi connectivity index (χ3n) is 2.43. The van der Waals surface area contributed by atoms with Crippen LogP contribution in [0.5, 0.6) is 0 Å². The van der Waals surface area contributed by atoms with Crippen molar-refractivity contribution in [1.82, 2.24) is 9.55 Å². The van der Waals surface area contributed by atoms with Gasteiger partial charge in [-0.05, 0) is 12.1 Å². The summed E-state index contributed by atoms with van der Waals surface area (Å²) in [6.07, 6.45) is -4.45. The number of rotatable bonds is 3. The Morgan fingerprint density at radius 3 is 2.65 bits per heavy atom. The number of ether oxygens (including phenoxy) is 1. The molecule has 1 heterocycles. The van der Waals surface area contributed by atoms with Crippen LogP contribution in [0.15, 0.2) is 24.3 Å². The molecule has 2 rings (SSSR count). The van der Waals surface area contributed by atoms with Gasteiger partial charge in [0.15, 0.2) is 0 Å². The summed E-state index contributed by atoms with van der Waals surface area (Å²) in [6, 6.07) is 6.53. The van der Waals surface area contributed by atoms with Crippen LogP contribution in [0.1, 0.15) is 5.82 Å². The number of hydrogen-bond donors (Lipinski definition) is 0. The fraction of sp³-hybridized carbons (Fsp3) is 0.364. The number of aromatic nitrogens is 2. The second-order valence-electron chi connectivity index (χ2n) is 3.57. The fourth-order valence-electron chi connectivity index (χ4n) is 1.70. The van der Waals surface area contributed by atoms with Crippen molar-refractivity contribution >= 4 is 11.0 Å². The zero-order valence-electron chi connectivity index (χ0n) is 9.16. The Labute approximate surface area is 95.8 Å². The van der Waals surface area contributed by atoms with Crippen LogP contribution >= 0.6 is 0 Å². The number of para-hydroxylation sites is 2. The van der Waals surface area contributed by atoms with Crippen molar-refractivity contribution in [3.05, 3.63) is 30.1 Å². The molecule has 0 amide bonds. The van der Waals surface area contributed by atoms with E-state index in [4.69, 9.17) is 4.74 Å². The van der Waals surface area contributed by atoms with Gasteiger partial charge in [-0.3, -0.25) is 0 Å². The summed E-state index contributed by atoms with van der Waals surface area (Å²) in [4.78, 5) is 3.62. The predicted molar refractivity (Wildman–Crippen MR) is 56.6 cm³/mol. The summed E-state index contributed by atoms with van der Waals surface area (Å²) in [6.45, 7) is 0.343. The van der Waals surface area contributed by atoms with Gasteiger partial charge in [0.05, 0.1) is 17.6 Å². The molecule has 17 heavy (non-hydrogen) atoms. The molecule has 0 saturated carbocycles. The minimum absolute atomic E-state index is 0.131. The lowest BCUT2D eigenvalue weighted by Gasteiger charge is -2.10. The molecule has 0 unspecified atom stereocenters. The van der Waals surface area contributed by atoms with Crippen molar-refractivity contribution in [3.63, 3.8) is 0 Å². The molecule has 0 aliphatic rings. The van der Waals surface area contributed by atoms with Gasteiger partial charge in [-0.15, -0.1) is 0 Å². The lowest BCUT2D eigenvalue weighted by molar-refractivity contribution is -0.147. The van der Waals surface area contributed by atoms with Crippen LogP contribution in [0, 0.1) is 0 Å². The molecule has 1 aromatic heterocycles. The highest BCUT2D eigenvalue weighted by atomic mass is 19.4. The van der Waals surface area contributed by atoms with Gasteiger partial charge in [-0.2, -0.15) is 13.2 Å². The van der Waals surface area contributed by atoms with Crippen molar-refractivity contribution in [2.45, 2.75) is 12.7 Å². The number of halogens is 3. The molecule has 0 radical (unpaired) electrons. The maximum atomic E-state index is 12.8. The van der Waals surface area contributed by atoms with Gasteiger partial charge in [0.25, 0.3) is 0 Å². The molecule has 0 fully saturated rings. The van der Waals surface area contributed by atoms with E-state index in [2.05, 4.69) is 4.98 Å². The maximum absolute atomic E-state index is 12.8. The van der Waals surface area contributed by atoms with Crippen LogP contribution in [0.2, 0.25) is 0 Å². The number of nitrogens with zero attached hydrogens (tertiary/aromatic N) is 2. The molecule has 0 bridgehead atoms. The smallest absolute Gasteiger partial charge is 0.383 e. The molecular weight excluding hydrogens is 233 g/mol. The summed E-state index contributed by atoms with van der Waals surface area (Å²) in [5.74, 6) is -0.879. The summed E-state index contributed by atoms with van der Waals surface area (Å²) in [5.41, 5.74) is 0.813. The highest BCUT2D eigenvalue weighted by Gasteiger charge is 2.37. The van der Waals surface area contributed by atoms with E-state index in [1.54, 1.807) is 24.3 Å². The largest absolute Gasteiger partial charge is 0.449 e. The van der Waals surface area contributed by atoms with Gasteiger partial charge in [-0.1, -0.05) is 12.1 Å². The van der Waals surface area contributed by atoms with E-state index in [-0.39, 0.29) is 13.2 Å². The number of alkyl halides is 3. The first-order valence-corrected chi connectivity index (χ1v) is 5.05.